The molecule has 0 aliphatic heterocycles. The Hall–Kier alpha value is -1.13. The van der Waals surface area contributed by atoms with Gasteiger partial charge in [0.1, 0.15) is 0 Å². The molecular weight excluding hydrogens is 228 g/mol. The van der Waals surface area contributed by atoms with Crippen molar-refractivity contribution in [2.45, 2.75) is 40.3 Å². The van der Waals surface area contributed by atoms with Gasteiger partial charge in [0.2, 0.25) is 0 Å². The number of likely N-dealkylation sites (N-methyl/N-ethyl adjacent to an activating group) is 1. The zero-order chi connectivity index (χ0) is 13.9. The van der Waals surface area contributed by atoms with Gasteiger partial charge in [-0.1, -0.05) is 0 Å². The molecule has 0 aromatic carbocycles. The maximum atomic E-state index is 12.2. The number of ketones is 1. The van der Waals surface area contributed by atoms with E-state index >= 15 is 0 Å². The molecule has 4 nitrogen and oxygen atoms in total. The van der Waals surface area contributed by atoms with Gasteiger partial charge in [-0.3, -0.25) is 9.69 Å². The number of aryl methyl sites for hydroxylation is 1. The van der Waals surface area contributed by atoms with Crippen molar-refractivity contribution < 1.29 is 9.90 Å². The van der Waals surface area contributed by atoms with Crippen LogP contribution in [0.15, 0.2) is 6.07 Å². The molecule has 0 bridgehead atoms. The number of aliphatic hydroxyl groups is 1. The summed E-state index contributed by atoms with van der Waals surface area (Å²) in [5, 5.41) is 9.07. The Labute approximate surface area is 109 Å². The number of carbonyl (C=O) groups excluding carboxylic acids is 1. The first-order valence-corrected chi connectivity index (χ1v) is 6.43. The molecule has 18 heavy (non-hydrogen) atoms. The highest BCUT2D eigenvalue weighted by Crippen LogP contribution is 2.16. The number of aliphatic hydroxyl groups excluding tert-OH is 1. The molecule has 0 radical (unpaired) electrons. The van der Waals surface area contributed by atoms with Crippen LogP contribution in [0.1, 0.15) is 35.6 Å². The van der Waals surface area contributed by atoms with Crippen LogP contribution in [0, 0.1) is 13.8 Å². The maximum absolute atomic E-state index is 12.2. The van der Waals surface area contributed by atoms with Gasteiger partial charge >= 0.3 is 0 Å². The average molecular weight is 252 g/mol. The Balaban J connectivity index is 2.85. The van der Waals surface area contributed by atoms with Crippen molar-refractivity contribution in [2.75, 3.05) is 20.2 Å². The maximum Gasteiger partial charge on any atom is 0.178 e. The average Bonchev–Trinajstić information content (AvgIpc) is 2.63. The fourth-order valence-corrected chi connectivity index (χ4v) is 2.18. The smallest absolute Gasteiger partial charge is 0.178 e. The summed E-state index contributed by atoms with van der Waals surface area (Å²) in [5.74, 6) is 0.116. The van der Waals surface area contributed by atoms with Crippen molar-refractivity contribution in [3.63, 3.8) is 0 Å². The summed E-state index contributed by atoms with van der Waals surface area (Å²) in [4.78, 5) is 14.1. The first-order chi connectivity index (χ1) is 8.42. The number of carbonyl (C=O) groups is 1. The third kappa shape index (κ3) is 3.00. The molecule has 0 saturated heterocycles. The second-order valence-corrected chi connectivity index (χ2v) is 4.90. The van der Waals surface area contributed by atoms with E-state index in [2.05, 4.69) is 11.5 Å². The molecule has 1 N–H and O–H groups in total. The Kier molecular flexibility index (Phi) is 5.11. The minimum Gasteiger partial charge on any atom is -0.395 e. The Morgan fingerprint density at radius 3 is 2.56 bits per heavy atom. The van der Waals surface area contributed by atoms with Crippen LogP contribution in [-0.2, 0) is 6.54 Å². The van der Waals surface area contributed by atoms with E-state index in [1.807, 2.05) is 38.8 Å². The number of rotatable bonds is 6. The molecule has 1 heterocycles. The lowest BCUT2D eigenvalue weighted by Gasteiger charge is -2.21. The number of hydrogen-bond donors (Lipinski definition) is 1. The van der Waals surface area contributed by atoms with E-state index in [1.165, 1.54) is 0 Å². The van der Waals surface area contributed by atoms with Gasteiger partial charge in [-0.05, 0) is 40.8 Å². The first-order valence-electron chi connectivity index (χ1n) is 6.43. The molecule has 1 unspecified atom stereocenters. The number of Topliss-reactive ketones (excluding diaryl/α,β-unsaturated/α-hetero) is 1. The van der Waals surface area contributed by atoms with E-state index in [9.17, 15) is 4.79 Å². The van der Waals surface area contributed by atoms with Gasteiger partial charge in [0.25, 0.3) is 0 Å². The van der Waals surface area contributed by atoms with Gasteiger partial charge < -0.3 is 9.67 Å². The molecule has 0 amide bonds. The monoisotopic (exact) mass is 252 g/mol. The van der Waals surface area contributed by atoms with Gasteiger partial charge in [-0.2, -0.15) is 0 Å². The standard InChI is InChI=1S/C14H24N2O2/c1-6-16-10(2)7-13(12(16)4)14(18)8-15(5)11(3)9-17/h7,11,17H,6,8-9H2,1-5H3. The van der Waals surface area contributed by atoms with Gasteiger partial charge in [0.15, 0.2) is 5.78 Å². The minimum atomic E-state index is 0.00335. The first kappa shape index (κ1) is 14.9. The molecule has 0 saturated carbocycles. The summed E-state index contributed by atoms with van der Waals surface area (Å²) < 4.78 is 2.14. The highest BCUT2D eigenvalue weighted by molar-refractivity contribution is 5.99. The summed E-state index contributed by atoms with van der Waals surface area (Å²) in [6, 6.07) is 1.96. The summed E-state index contributed by atoms with van der Waals surface area (Å²) >= 11 is 0. The van der Waals surface area contributed by atoms with Crippen molar-refractivity contribution in [1.29, 1.82) is 0 Å². The number of nitrogens with zero attached hydrogens (tertiary/aromatic N) is 2. The van der Waals surface area contributed by atoms with E-state index in [-0.39, 0.29) is 18.4 Å². The number of hydrogen-bond acceptors (Lipinski definition) is 3. The topological polar surface area (TPSA) is 45.5 Å². The summed E-state index contributed by atoms with van der Waals surface area (Å²) in [6.45, 7) is 9.28. The van der Waals surface area contributed by atoms with Crippen LogP contribution in [-0.4, -0.2) is 46.6 Å². The molecular formula is C14H24N2O2. The molecule has 1 aromatic heterocycles. The molecule has 102 valence electrons. The summed E-state index contributed by atoms with van der Waals surface area (Å²) in [6.07, 6.45) is 0. The molecule has 0 aliphatic carbocycles. The van der Waals surface area contributed by atoms with Crippen LogP contribution in [0.4, 0.5) is 0 Å². The van der Waals surface area contributed by atoms with Crippen LogP contribution < -0.4 is 0 Å². The van der Waals surface area contributed by atoms with Crippen molar-refractivity contribution >= 4 is 5.78 Å². The van der Waals surface area contributed by atoms with Crippen molar-refractivity contribution in [3.05, 3.63) is 23.0 Å². The van der Waals surface area contributed by atoms with Crippen molar-refractivity contribution in [1.82, 2.24) is 9.47 Å². The largest absolute Gasteiger partial charge is 0.395 e. The van der Waals surface area contributed by atoms with Crippen LogP contribution in [0.5, 0.6) is 0 Å². The van der Waals surface area contributed by atoms with E-state index in [1.54, 1.807) is 0 Å². The molecule has 0 fully saturated rings. The Morgan fingerprint density at radius 1 is 1.50 bits per heavy atom. The van der Waals surface area contributed by atoms with Crippen molar-refractivity contribution in [3.8, 4) is 0 Å². The van der Waals surface area contributed by atoms with Crippen LogP contribution in [0.2, 0.25) is 0 Å². The molecule has 0 spiro atoms. The van der Waals surface area contributed by atoms with Crippen LogP contribution >= 0.6 is 0 Å². The lowest BCUT2D eigenvalue weighted by atomic mass is 10.1. The molecule has 0 aliphatic rings. The van der Waals surface area contributed by atoms with E-state index in [4.69, 9.17) is 5.11 Å². The molecule has 1 aromatic rings. The van der Waals surface area contributed by atoms with Crippen LogP contribution in [0.25, 0.3) is 0 Å². The fraction of sp³-hybridized carbons (Fsp3) is 0.643. The van der Waals surface area contributed by atoms with Gasteiger partial charge in [-0.25, -0.2) is 0 Å². The number of aromatic nitrogens is 1. The quantitative estimate of drug-likeness (QED) is 0.783. The summed E-state index contributed by atoms with van der Waals surface area (Å²) in [7, 11) is 1.86. The summed E-state index contributed by atoms with van der Waals surface area (Å²) in [5.41, 5.74) is 2.95. The Bertz CT molecular complexity index is 424. The Morgan fingerprint density at radius 2 is 2.11 bits per heavy atom. The fourth-order valence-electron chi connectivity index (χ4n) is 2.18. The SMILES string of the molecule is CCn1c(C)cc(C(=O)CN(C)C(C)CO)c1C. The van der Waals surface area contributed by atoms with Gasteiger partial charge in [0.05, 0.1) is 13.2 Å². The third-order valence-corrected chi connectivity index (χ3v) is 3.60. The molecule has 1 rings (SSSR count). The van der Waals surface area contributed by atoms with Gasteiger partial charge in [-0.15, -0.1) is 0 Å². The highest BCUT2D eigenvalue weighted by Gasteiger charge is 2.18. The van der Waals surface area contributed by atoms with Crippen molar-refractivity contribution in [2.24, 2.45) is 0 Å². The third-order valence-electron chi connectivity index (χ3n) is 3.60. The molecule has 1 atom stereocenters. The molecule has 4 heteroatoms. The predicted octanol–water partition coefficient (Wildman–Crippen LogP) is 1.62. The highest BCUT2D eigenvalue weighted by atomic mass is 16.3. The lowest BCUT2D eigenvalue weighted by molar-refractivity contribution is 0.0889. The lowest BCUT2D eigenvalue weighted by Crippen LogP contribution is -2.36. The van der Waals surface area contributed by atoms with E-state index in [0.29, 0.717) is 6.54 Å². The minimum absolute atomic E-state index is 0.00335. The van der Waals surface area contributed by atoms with Gasteiger partial charge in [0, 0.05) is 29.5 Å². The normalized spacial score (nSPS) is 13.1. The van der Waals surface area contributed by atoms with Crippen LogP contribution in [0.3, 0.4) is 0 Å². The predicted molar refractivity (Wildman–Crippen MR) is 73.1 cm³/mol. The second-order valence-electron chi connectivity index (χ2n) is 4.90. The van der Waals surface area contributed by atoms with E-state index < -0.39 is 0 Å². The zero-order valence-corrected chi connectivity index (χ0v) is 12.0. The second kappa shape index (κ2) is 6.16. The zero-order valence-electron chi connectivity index (χ0n) is 12.0. The van der Waals surface area contributed by atoms with E-state index in [0.717, 1.165) is 23.5 Å².